The van der Waals surface area contributed by atoms with Crippen LogP contribution in [0.25, 0.3) is 0 Å². The number of hydrogen-bond acceptors (Lipinski definition) is 3. The molecule has 0 bridgehead atoms. The standard InChI is InChI=1S/C17H20ClF3N4S/c1-3-22-16(24-11(2)12-4-6-13(18)7-5-12)23-9-8-15-25-14(10-26-15)17(19,20)21/h4-7,10-11H,3,8-9H2,1-2H3,(H2,22,23,24). The number of nitrogens with one attached hydrogen (secondary N) is 2. The first-order valence-corrected chi connectivity index (χ1v) is 9.37. The molecule has 0 radical (unpaired) electrons. The van der Waals surface area contributed by atoms with Gasteiger partial charge in [0.15, 0.2) is 11.7 Å². The minimum atomic E-state index is -4.40. The Morgan fingerprint density at radius 3 is 2.58 bits per heavy atom. The van der Waals surface area contributed by atoms with Gasteiger partial charge in [0.2, 0.25) is 0 Å². The van der Waals surface area contributed by atoms with Crippen LogP contribution in [0, 0.1) is 0 Å². The van der Waals surface area contributed by atoms with Crippen LogP contribution in [0.4, 0.5) is 13.2 Å². The van der Waals surface area contributed by atoms with Crippen molar-refractivity contribution >= 4 is 28.9 Å². The Bertz CT molecular complexity index is 728. The molecule has 0 amide bonds. The van der Waals surface area contributed by atoms with Gasteiger partial charge in [0.25, 0.3) is 0 Å². The lowest BCUT2D eigenvalue weighted by molar-refractivity contribution is -0.140. The smallest absolute Gasteiger partial charge is 0.357 e. The monoisotopic (exact) mass is 404 g/mol. The fourth-order valence-electron chi connectivity index (χ4n) is 2.18. The Balaban J connectivity index is 1.95. The minimum absolute atomic E-state index is 0.00163. The number of benzene rings is 1. The highest BCUT2D eigenvalue weighted by molar-refractivity contribution is 7.09. The van der Waals surface area contributed by atoms with E-state index < -0.39 is 11.9 Å². The second-order valence-electron chi connectivity index (χ2n) is 5.55. The maximum Gasteiger partial charge on any atom is 0.434 e. The highest BCUT2D eigenvalue weighted by atomic mass is 35.5. The van der Waals surface area contributed by atoms with Crippen molar-refractivity contribution in [1.29, 1.82) is 0 Å². The molecule has 0 aliphatic heterocycles. The van der Waals surface area contributed by atoms with Gasteiger partial charge in [0.05, 0.1) is 11.0 Å². The van der Waals surface area contributed by atoms with Crippen LogP contribution in [0.5, 0.6) is 0 Å². The normalized spacial score (nSPS) is 13.5. The summed E-state index contributed by atoms with van der Waals surface area (Å²) in [5.74, 6) is 0.600. The van der Waals surface area contributed by atoms with E-state index in [2.05, 4.69) is 20.6 Å². The summed E-state index contributed by atoms with van der Waals surface area (Å²) < 4.78 is 37.7. The van der Waals surface area contributed by atoms with Gasteiger partial charge in [0.1, 0.15) is 0 Å². The van der Waals surface area contributed by atoms with Gasteiger partial charge < -0.3 is 10.6 Å². The third kappa shape index (κ3) is 6.17. The molecule has 1 heterocycles. The summed E-state index contributed by atoms with van der Waals surface area (Å²) in [6.45, 7) is 4.95. The zero-order valence-electron chi connectivity index (χ0n) is 14.4. The molecule has 0 fully saturated rings. The van der Waals surface area contributed by atoms with Crippen LogP contribution in [-0.4, -0.2) is 24.0 Å². The number of aromatic nitrogens is 1. The predicted octanol–water partition coefficient (Wildman–Crippen LogP) is 4.67. The number of rotatable bonds is 6. The second kappa shape index (κ2) is 9.23. The van der Waals surface area contributed by atoms with Crippen LogP contribution in [-0.2, 0) is 12.6 Å². The van der Waals surface area contributed by atoms with E-state index in [1.54, 1.807) is 0 Å². The molecule has 1 atom stereocenters. The maximum atomic E-state index is 12.6. The average Bonchev–Trinajstić information content (AvgIpc) is 3.05. The summed E-state index contributed by atoms with van der Waals surface area (Å²) in [6, 6.07) is 7.50. The van der Waals surface area contributed by atoms with Crippen molar-refractivity contribution in [2.45, 2.75) is 32.5 Å². The molecule has 4 nitrogen and oxygen atoms in total. The summed E-state index contributed by atoms with van der Waals surface area (Å²) in [6.07, 6.45) is -4.05. The Morgan fingerprint density at radius 2 is 2.00 bits per heavy atom. The molecule has 2 rings (SSSR count). The zero-order chi connectivity index (χ0) is 19.2. The molecule has 0 saturated carbocycles. The molecule has 26 heavy (non-hydrogen) atoms. The second-order valence-corrected chi connectivity index (χ2v) is 6.93. The molecule has 2 aromatic rings. The molecule has 1 aromatic carbocycles. The van der Waals surface area contributed by atoms with Crippen LogP contribution in [0.15, 0.2) is 34.6 Å². The number of hydrogen-bond donors (Lipinski definition) is 2. The summed E-state index contributed by atoms with van der Waals surface area (Å²) in [5, 5.41) is 8.52. The number of guanidine groups is 1. The van der Waals surface area contributed by atoms with Crippen molar-refractivity contribution in [3.63, 3.8) is 0 Å². The van der Waals surface area contributed by atoms with E-state index in [-0.39, 0.29) is 6.04 Å². The van der Waals surface area contributed by atoms with E-state index in [0.717, 1.165) is 22.3 Å². The van der Waals surface area contributed by atoms with Crippen molar-refractivity contribution in [2.75, 3.05) is 13.1 Å². The molecular formula is C17H20ClF3N4S. The largest absolute Gasteiger partial charge is 0.434 e. The lowest BCUT2D eigenvalue weighted by Gasteiger charge is -2.18. The SMILES string of the molecule is CCNC(=NCCc1nc(C(F)(F)F)cs1)NC(C)c1ccc(Cl)cc1. The molecule has 0 aliphatic rings. The fourth-order valence-corrected chi connectivity index (χ4v) is 3.10. The number of halogens is 4. The van der Waals surface area contributed by atoms with Crippen LogP contribution >= 0.6 is 22.9 Å². The van der Waals surface area contributed by atoms with Crippen LogP contribution in [0.1, 0.15) is 36.2 Å². The first-order valence-electron chi connectivity index (χ1n) is 8.11. The Morgan fingerprint density at radius 1 is 1.31 bits per heavy atom. The third-order valence-corrected chi connectivity index (χ3v) is 4.67. The van der Waals surface area contributed by atoms with Crippen molar-refractivity contribution in [2.24, 2.45) is 4.99 Å². The highest BCUT2D eigenvalue weighted by Crippen LogP contribution is 2.30. The number of alkyl halides is 3. The van der Waals surface area contributed by atoms with E-state index in [9.17, 15) is 13.2 Å². The van der Waals surface area contributed by atoms with Crippen LogP contribution in [0.2, 0.25) is 5.02 Å². The van der Waals surface area contributed by atoms with E-state index in [0.29, 0.717) is 35.5 Å². The van der Waals surface area contributed by atoms with Gasteiger partial charge in [-0.25, -0.2) is 4.98 Å². The quantitative estimate of drug-likeness (QED) is 0.543. The van der Waals surface area contributed by atoms with E-state index in [1.165, 1.54) is 0 Å². The first-order chi connectivity index (χ1) is 12.3. The van der Waals surface area contributed by atoms with E-state index >= 15 is 0 Å². The van der Waals surface area contributed by atoms with Gasteiger partial charge in [-0.05, 0) is 31.5 Å². The fraction of sp³-hybridized carbons (Fsp3) is 0.412. The van der Waals surface area contributed by atoms with Crippen molar-refractivity contribution < 1.29 is 13.2 Å². The summed E-state index contributed by atoms with van der Waals surface area (Å²) >= 11 is 6.90. The molecule has 2 N–H and O–H groups in total. The topological polar surface area (TPSA) is 49.3 Å². The molecule has 1 aromatic heterocycles. The zero-order valence-corrected chi connectivity index (χ0v) is 16.0. The Kier molecular flexibility index (Phi) is 7.28. The summed E-state index contributed by atoms with van der Waals surface area (Å²) in [7, 11) is 0. The van der Waals surface area contributed by atoms with Crippen molar-refractivity contribution in [3.8, 4) is 0 Å². The van der Waals surface area contributed by atoms with Gasteiger partial charge in [-0.1, -0.05) is 23.7 Å². The van der Waals surface area contributed by atoms with Crippen LogP contribution < -0.4 is 10.6 Å². The van der Waals surface area contributed by atoms with E-state index in [1.807, 2.05) is 38.1 Å². The molecule has 0 saturated heterocycles. The summed E-state index contributed by atoms with van der Waals surface area (Å²) in [5.41, 5.74) is 0.206. The van der Waals surface area contributed by atoms with Gasteiger partial charge >= 0.3 is 6.18 Å². The lowest BCUT2D eigenvalue weighted by Crippen LogP contribution is -2.38. The molecule has 0 spiro atoms. The first kappa shape index (κ1) is 20.5. The molecule has 1 unspecified atom stereocenters. The molecule has 0 aliphatic carbocycles. The summed E-state index contributed by atoms with van der Waals surface area (Å²) in [4.78, 5) is 8.03. The molecule has 142 valence electrons. The number of nitrogens with zero attached hydrogens (tertiary/aromatic N) is 2. The minimum Gasteiger partial charge on any atom is -0.357 e. The predicted molar refractivity (Wildman–Crippen MR) is 99.8 cm³/mol. The van der Waals surface area contributed by atoms with E-state index in [4.69, 9.17) is 11.6 Å². The molecule has 9 heteroatoms. The number of aliphatic imine (C=N–C) groups is 1. The highest BCUT2D eigenvalue weighted by Gasteiger charge is 2.33. The van der Waals surface area contributed by atoms with Gasteiger partial charge in [0, 0.05) is 29.9 Å². The lowest BCUT2D eigenvalue weighted by atomic mass is 10.1. The molecular weight excluding hydrogens is 385 g/mol. The van der Waals surface area contributed by atoms with Gasteiger partial charge in [-0.3, -0.25) is 4.99 Å². The van der Waals surface area contributed by atoms with Crippen molar-refractivity contribution in [3.05, 3.63) is 50.9 Å². The van der Waals surface area contributed by atoms with Gasteiger partial charge in [-0.2, -0.15) is 13.2 Å². The van der Waals surface area contributed by atoms with Gasteiger partial charge in [-0.15, -0.1) is 11.3 Å². The average molecular weight is 405 g/mol. The third-order valence-electron chi connectivity index (χ3n) is 3.51. The Labute approximate surface area is 159 Å². The Hall–Kier alpha value is -1.80. The number of thiazole rings is 1. The van der Waals surface area contributed by atoms with Crippen LogP contribution in [0.3, 0.4) is 0 Å². The van der Waals surface area contributed by atoms with Crippen molar-refractivity contribution in [1.82, 2.24) is 15.6 Å². The maximum absolute atomic E-state index is 12.6.